The number of rotatable bonds is 4. The number of aryl methyl sites for hydroxylation is 3. The first-order valence-corrected chi connectivity index (χ1v) is 12.5. The lowest BCUT2D eigenvalue weighted by Gasteiger charge is -2.26. The van der Waals surface area contributed by atoms with Crippen LogP contribution in [-0.4, -0.2) is 52.8 Å². The van der Waals surface area contributed by atoms with Gasteiger partial charge in [0.2, 0.25) is 5.91 Å². The number of hydrogen-bond acceptors (Lipinski definition) is 5. The summed E-state index contributed by atoms with van der Waals surface area (Å²) in [6, 6.07) is 8.41. The van der Waals surface area contributed by atoms with Gasteiger partial charge in [0.05, 0.1) is 24.9 Å². The van der Waals surface area contributed by atoms with Crippen LogP contribution in [-0.2, 0) is 35.3 Å². The van der Waals surface area contributed by atoms with E-state index in [1.165, 1.54) is 11.1 Å². The Morgan fingerprint density at radius 3 is 2.80 bits per heavy atom. The number of morpholine rings is 1. The van der Waals surface area contributed by atoms with Gasteiger partial charge in [0.1, 0.15) is 12.3 Å². The van der Waals surface area contributed by atoms with Crippen LogP contribution in [0.3, 0.4) is 0 Å². The molecule has 1 fully saturated rings. The maximum atomic E-state index is 13.1. The number of hydrogen-bond donors (Lipinski definition) is 1. The third-order valence-corrected chi connectivity index (χ3v) is 7.42. The van der Waals surface area contributed by atoms with E-state index in [-0.39, 0.29) is 24.4 Å². The summed E-state index contributed by atoms with van der Waals surface area (Å²) in [6.07, 6.45) is 6.55. The molecule has 8 heteroatoms. The lowest BCUT2D eigenvalue weighted by Crippen LogP contribution is -2.40. The highest BCUT2D eigenvalue weighted by molar-refractivity contribution is 5.95. The molecule has 0 bridgehead atoms. The molecule has 1 aromatic carbocycles. The monoisotopic (exact) mass is 474 g/mol. The third kappa shape index (κ3) is 4.05. The van der Waals surface area contributed by atoms with Crippen molar-refractivity contribution in [3.63, 3.8) is 0 Å². The van der Waals surface area contributed by atoms with Crippen molar-refractivity contribution in [3.05, 3.63) is 64.2 Å². The van der Waals surface area contributed by atoms with Crippen molar-refractivity contribution in [2.24, 2.45) is 0 Å². The van der Waals surface area contributed by atoms with Gasteiger partial charge in [-0.2, -0.15) is 5.10 Å². The Morgan fingerprint density at radius 2 is 1.94 bits per heavy atom. The molecule has 1 aliphatic heterocycles. The largest absolute Gasteiger partial charge is 0.455 e. The molecule has 0 radical (unpaired) electrons. The maximum absolute atomic E-state index is 13.1. The molecule has 0 saturated carbocycles. The molecule has 1 N–H and O–H groups in total. The van der Waals surface area contributed by atoms with Crippen molar-refractivity contribution in [1.82, 2.24) is 20.0 Å². The fraction of sp³-hybridized carbons (Fsp3) is 0.444. The number of ether oxygens (including phenoxy) is 1. The van der Waals surface area contributed by atoms with E-state index in [1.807, 2.05) is 19.2 Å². The highest BCUT2D eigenvalue weighted by Crippen LogP contribution is 2.38. The Morgan fingerprint density at radius 1 is 1.11 bits per heavy atom. The molecule has 3 aliphatic rings. The van der Waals surface area contributed by atoms with E-state index >= 15 is 0 Å². The molecule has 2 amide bonds. The van der Waals surface area contributed by atoms with Crippen molar-refractivity contribution < 1.29 is 18.7 Å². The van der Waals surface area contributed by atoms with Crippen molar-refractivity contribution in [2.75, 3.05) is 26.3 Å². The minimum Gasteiger partial charge on any atom is -0.455 e. The Hall–Kier alpha value is -3.39. The zero-order valence-corrected chi connectivity index (χ0v) is 20.0. The van der Waals surface area contributed by atoms with Crippen LogP contribution in [0.25, 0.3) is 11.3 Å². The Labute approximate surface area is 204 Å². The second-order valence-electron chi connectivity index (χ2n) is 9.67. The molecular weight excluding hydrogens is 444 g/mol. The molecule has 1 atom stereocenters. The number of aromatic nitrogens is 2. The van der Waals surface area contributed by atoms with Gasteiger partial charge in [-0.1, -0.05) is 24.3 Å². The topological polar surface area (TPSA) is 89.6 Å². The molecule has 0 spiro atoms. The molecular formula is C27H30N4O4. The molecule has 6 rings (SSSR count). The first-order valence-electron chi connectivity index (χ1n) is 12.5. The van der Waals surface area contributed by atoms with E-state index in [2.05, 4.69) is 23.5 Å². The summed E-state index contributed by atoms with van der Waals surface area (Å²) < 4.78 is 13.2. The average molecular weight is 475 g/mol. The van der Waals surface area contributed by atoms with Gasteiger partial charge in [-0.3, -0.25) is 14.3 Å². The Bertz CT molecular complexity index is 1280. The summed E-state index contributed by atoms with van der Waals surface area (Å²) >= 11 is 0. The maximum Gasteiger partial charge on any atom is 0.290 e. The Kier molecular flexibility index (Phi) is 5.68. The number of furan rings is 1. The van der Waals surface area contributed by atoms with E-state index < -0.39 is 0 Å². The first-order chi connectivity index (χ1) is 17.1. The average Bonchev–Trinajstić information content (AvgIpc) is 3.44. The van der Waals surface area contributed by atoms with Crippen LogP contribution in [0.2, 0.25) is 0 Å². The van der Waals surface area contributed by atoms with Gasteiger partial charge in [0.25, 0.3) is 5.91 Å². The van der Waals surface area contributed by atoms with E-state index in [1.54, 1.807) is 9.58 Å². The number of carbonyl (C=O) groups excluding carboxylic acids is 2. The number of nitrogens with zero attached hydrogens (tertiary/aromatic N) is 3. The zero-order chi connectivity index (χ0) is 23.9. The van der Waals surface area contributed by atoms with Gasteiger partial charge in [0.15, 0.2) is 5.76 Å². The molecule has 1 saturated heterocycles. The fourth-order valence-corrected chi connectivity index (χ4v) is 5.65. The van der Waals surface area contributed by atoms with Crippen LogP contribution in [0.1, 0.15) is 57.5 Å². The predicted molar refractivity (Wildman–Crippen MR) is 129 cm³/mol. The summed E-state index contributed by atoms with van der Waals surface area (Å²) in [6.45, 7) is 4.34. The van der Waals surface area contributed by atoms with Crippen LogP contribution in [0.5, 0.6) is 0 Å². The Balaban J connectivity index is 1.20. The number of fused-ring (bicyclic) bond motifs is 4. The molecule has 0 unspecified atom stereocenters. The summed E-state index contributed by atoms with van der Waals surface area (Å²) in [5, 5.41) is 7.98. The number of amides is 2. The highest BCUT2D eigenvalue weighted by Gasteiger charge is 2.32. The van der Waals surface area contributed by atoms with Gasteiger partial charge in [-0.25, -0.2) is 0 Å². The molecule has 3 heterocycles. The van der Waals surface area contributed by atoms with Gasteiger partial charge < -0.3 is 19.4 Å². The van der Waals surface area contributed by atoms with Crippen LogP contribution in [0.15, 0.2) is 34.9 Å². The summed E-state index contributed by atoms with van der Waals surface area (Å²) in [4.78, 5) is 27.8. The van der Waals surface area contributed by atoms with Gasteiger partial charge >= 0.3 is 0 Å². The molecule has 3 aromatic rings. The minimum absolute atomic E-state index is 0.0427. The number of benzene rings is 1. The smallest absolute Gasteiger partial charge is 0.290 e. The molecule has 2 aromatic heterocycles. The van der Waals surface area contributed by atoms with E-state index in [0.717, 1.165) is 60.2 Å². The van der Waals surface area contributed by atoms with Crippen molar-refractivity contribution in [1.29, 1.82) is 0 Å². The van der Waals surface area contributed by atoms with Crippen LogP contribution in [0.4, 0.5) is 0 Å². The lowest BCUT2D eigenvalue weighted by atomic mass is 9.88. The third-order valence-electron chi connectivity index (χ3n) is 7.42. The van der Waals surface area contributed by atoms with Crippen LogP contribution >= 0.6 is 0 Å². The molecule has 8 nitrogen and oxygen atoms in total. The lowest BCUT2D eigenvalue weighted by molar-refractivity contribution is -0.122. The van der Waals surface area contributed by atoms with E-state index in [0.29, 0.717) is 32.1 Å². The van der Waals surface area contributed by atoms with Crippen LogP contribution in [0, 0.1) is 6.92 Å². The molecule has 2 aliphatic carbocycles. The van der Waals surface area contributed by atoms with Crippen molar-refractivity contribution in [3.8, 4) is 11.3 Å². The van der Waals surface area contributed by atoms with Gasteiger partial charge in [-0.05, 0) is 49.3 Å². The first kappa shape index (κ1) is 22.1. The van der Waals surface area contributed by atoms with Gasteiger partial charge in [-0.15, -0.1) is 0 Å². The number of carbonyl (C=O) groups is 2. The number of nitrogens with one attached hydrogen (secondary N) is 1. The SMILES string of the molecule is Cc1c(C(=O)N2CCOCC2)oc2c1-c1nn(CC(=O)N[C@H]3CCCc4ccccc43)cc1CC2. The quantitative estimate of drug-likeness (QED) is 0.627. The summed E-state index contributed by atoms with van der Waals surface area (Å²) in [5.74, 6) is 1.07. The van der Waals surface area contributed by atoms with Gasteiger partial charge in [0, 0.05) is 36.8 Å². The van der Waals surface area contributed by atoms with Crippen LogP contribution < -0.4 is 5.32 Å². The van der Waals surface area contributed by atoms with E-state index in [9.17, 15) is 9.59 Å². The second-order valence-corrected chi connectivity index (χ2v) is 9.67. The standard InChI is InChI=1S/C27H30N4O4/c1-17-24-22(35-26(17)27(33)30-11-13-34-14-12-30)10-9-19-15-31(29-25(19)24)16-23(32)28-21-8-4-6-18-5-2-3-7-20(18)21/h2-3,5,7,15,21H,4,6,8-14,16H2,1H3,(H,28,32)/t21-/m0/s1. The summed E-state index contributed by atoms with van der Waals surface area (Å²) in [7, 11) is 0. The summed E-state index contributed by atoms with van der Waals surface area (Å²) in [5.41, 5.74) is 6.19. The van der Waals surface area contributed by atoms with E-state index in [4.69, 9.17) is 14.3 Å². The predicted octanol–water partition coefficient (Wildman–Crippen LogP) is 3.22. The molecule has 35 heavy (non-hydrogen) atoms. The fourth-order valence-electron chi connectivity index (χ4n) is 5.65. The molecule has 182 valence electrons. The zero-order valence-electron chi connectivity index (χ0n) is 20.0. The normalized spacial score (nSPS) is 19.0. The van der Waals surface area contributed by atoms with Crippen molar-refractivity contribution in [2.45, 2.75) is 51.6 Å². The highest BCUT2D eigenvalue weighted by atomic mass is 16.5. The minimum atomic E-state index is -0.0895. The second kappa shape index (κ2) is 9.00. The van der Waals surface area contributed by atoms with Crippen molar-refractivity contribution >= 4 is 11.8 Å².